The smallest absolute Gasteiger partial charge is 0.119 e. The molecule has 2 fully saturated rings. The van der Waals surface area contributed by atoms with Gasteiger partial charge in [0.05, 0.1) is 6.61 Å². The average Bonchev–Trinajstić information content (AvgIpc) is 2.86. The summed E-state index contributed by atoms with van der Waals surface area (Å²) in [5, 5.41) is 0. The lowest BCUT2D eigenvalue weighted by Gasteiger charge is -2.19. The van der Waals surface area contributed by atoms with Crippen LogP contribution in [0.2, 0.25) is 0 Å². The van der Waals surface area contributed by atoms with Crippen LogP contribution < -0.4 is 16.0 Å². The molecule has 3 N–H and O–H groups in total. The van der Waals surface area contributed by atoms with Crippen LogP contribution in [0.1, 0.15) is 37.8 Å². The Kier molecular flexibility index (Phi) is 3.27. The minimum absolute atomic E-state index is 0.292. The van der Waals surface area contributed by atoms with Crippen molar-refractivity contribution in [2.45, 2.75) is 32.2 Å². The molecule has 1 aromatic carbocycles. The second-order valence-electron chi connectivity index (χ2n) is 5.49. The quantitative estimate of drug-likeness (QED) is 0.620. The Morgan fingerprint density at radius 3 is 2.83 bits per heavy atom. The second-order valence-corrected chi connectivity index (χ2v) is 5.49. The van der Waals surface area contributed by atoms with Crippen molar-refractivity contribution in [2.24, 2.45) is 23.6 Å². The largest absolute Gasteiger partial charge is 0.494 e. The first-order valence-electron chi connectivity index (χ1n) is 7.04. The molecular weight excluding hydrogens is 224 g/mol. The lowest BCUT2D eigenvalue weighted by molar-refractivity contribution is 0.338. The molecule has 3 rings (SSSR count). The standard InChI is InChI=1S/C15H22N2O/c1-2-18-11-6-3-5-10(9-11)15(17-16)14-12-7-4-8-13(12)14/h3,5-6,9,12-15,17H,2,4,7-8,16H2,1H3. The number of hydrogen-bond acceptors (Lipinski definition) is 3. The highest BCUT2D eigenvalue weighted by atomic mass is 16.5. The van der Waals surface area contributed by atoms with Crippen LogP contribution in [0.15, 0.2) is 24.3 Å². The van der Waals surface area contributed by atoms with Crippen molar-refractivity contribution >= 4 is 0 Å². The van der Waals surface area contributed by atoms with Gasteiger partial charge in [0.2, 0.25) is 0 Å². The topological polar surface area (TPSA) is 47.3 Å². The molecule has 0 aliphatic heterocycles. The molecule has 18 heavy (non-hydrogen) atoms. The second kappa shape index (κ2) is 4.90. The van der Waals surface area contributed by atoms with Crippen LogP contribution in [0.4, 0.5) is 0 Å². The minimum atomic E-state index is 0.292. The third-order valence-electron chi connectivity index (χ3n) is 4.57. The summed E-state index contributed by atoms with van der Waals surface area (Å²) in [4.78, 5) is 0. The summed E-state index contributed by atoms with van der Waals surface area (Å²) >= 11 is 0. The van der Waals surface area contributed by atoms with E-state index < -0.39 is 0 Å². The van der Waals surface area contributed by atoms with Gasteiger partial charge >= 0.3 is 0 Å². The summed E-state index contributed by atoms with van der Waals surface area (Å²) < 4.78 is 5.57. The Hall–Kier alpha value is -1.06. The zero-order chi connectivity index (χ0) is 12.5. The van der Waals surface area contributed by atoms with E-state index in [0.29, 0.717) is 12.6 Å². The van der Waals surface area contributed by atoms with E-state index in [-0.39, 0.29) is 0 Å². The van der Waals surface area contributed by atoms with Crippen molar-refractivity contribution < 1.29 is 4.74 Å². The van der Waals surface area contributed by atoms with Gasteiger partial charge in [-0.3, -0.25) is 11.3 Å². The summed E-state index contributed by atoms with van der Waals surface area (Å²) in [6.07, 6.45) is 4.18. The molecule has 2 aliphatic carbocycles. The first-order chi connectivity index (χ1) is 8.85. The summed E-state index contributed by atoms with van der Waals surface area (Å²) in [6.45, 7) is 2.72. The summed E-state index contributed by atoms with van der Waals surface area (Å²) in [7, 11) is 0. The number of fused-ring (bicyclic) bond motifs is 1. The molecular formula is C15H22N2O. The molecule has 0 heterocycles. The van der Waals surface area contributed by atoms with Crippen molar-refractivity contribution in [3.8, 4) is 5.75 Å². The van der Waals surface area contributed by atoms with E-state index in [1.807, 2.05) is 13.0 Å². The van der Waals surface area contributed by atoms with E-state index in [0.717, 1.165) is 23.5 Å². The van der Waals surface area contributed by atoms with Crippen LogP contribution in [0.25, 0.3) is 0 Å². The monoisotopic (exact) mass is 246 g/mol. The van der Waals surface area contributed by atoms with Crippen molar-refractivity contribution in [3.05, 3.63) is 29.8 Å². The normalized spacial score (nSPS) is 30.9. The zero-order valence-electron chi connectivity index (χ0n) is 10.9. The molecule has 2 aliphatic rings. The van der Waals surface area contributed by atoms with Crippen molar-refractivity contribution in [1.82, 2.24) is 5.43 Å². The summed E-state index contributed by atoms with van der Waals surface area (Å²) in [5.41, 5.74) is 4.29. The molecule has 0 saturated heterocycles. The molecule has 1 aromatic rings. The Labute approximate surface area is 109 Å². The number of benzene rings is 1. The molecule has 0 amide bonds. The Bertz CT molecular complexity index is 411. The van der Waals surface area contributed by atoms with Gasteiger partial charge in [-0.15, -0.1) is 0 Å². The lowest BCUT2D eigenvalue weighted by Crippen LogP contribution is -2.30. The number of nitrogens with one attached hydrogen (secondary N) is 1. The van der Waals surface area contributed by atoms with Crippen LogP contribution in [-0.2, 0) is 0 Å². The highest BCUT2D eigenvalue weighted by Crippen LogP contribution is 2.62. The van der Waals surface area contributed by atoms with Crippen LogP contribution in [0.5, 0.6) is 5.75 Å². The minimum Gasteiger partial charge on any atom is -0.494 e. The SMILES string of the molecule is CCOc1cccc(C(NN)C2C3CCCC32)c1. The molecule has 0 spiro atoms. The van der Waals surface area contributed by atoms with E-state index in [2.05, 4.69) is 23.6 Å². The number of ether oxygens (including phenoxy) is 1. The van der Waals surface area contributed by atoms with Crippen molar-refractivity contribution in [1.29, 1.82) is 0 Å². The Morgan fingerprint density at radius 1 is 1.39 bits per heavy atom. The van der Waals surface area contributed by atoms with Gasteiger partial charge in [-0.05, 0) is 55.2 Å². The molecule has 0 aromatic heterocycles. The molecule has 3 unspecified atom stereocenters. The predicted molar refractivity (Wildman–Crippen MR) is 72.0 cm³/mol. The van der Waals surface area contributed by atoms with Gasteiger partial charge in [-0.25, -0.2) is 0 Å². The van der Waals surface area contributed by atoms with Crippen LogP contribution >= 0.6 is 0 Å². The summed E-state index contributed by atoms with van der Waals surface area (Å²) in [5.74, 6) is 9.27. The molecule has 3 heteroatoms. The first kappa shape index (κ1) is 12.0. The fourth-order valence-corrected chi connectivity index (χ4v) is 3.77. The number of hydrazine groups is 1. The maximum absolute atomic E-state index is 5.78. The van der Waals surface area contributed by atoms with E-state index >= 15 is 0 Å². The number of rotatable bonds is 5. The molecule has 98 valence electrons. The lowest BCUT2D eigenvalue weighted by atomic mass is 9.97. The maximum atomic E-state index is 5.78. The van der Waals surface area contributed by atoms with Gasteiger partial charge in [0.15, 0.2) is 0 Å². The van der Waals surface area contributed by atoms with E-state index in [4.69, 9.17) is 10.6 Å². The van der Waals surface area contributed by atoms with Gasteiger partial charge in [0.25, 0.3) is 0 Å². The fraction of sp³-hybridized carbons (Fsp3) is 0.600. The molecule has 0 radical (unpaired) electrons. The molecule has 2 saturated carbocycles. The third-order valence-corrected chi connectivity index (χ3v) is 4.57. The van der Waals surface area contributed by atoms with E-state index in [9.17, 15) is 0 Å². The van der Waals surface area contributed by atoms with Crippen LogP contribution in [0.3, 0.4) is 0 Å². The van der Waals surface area contributed by atoms with Gasteiger partial charge in [-0.2, -0.15) is 0 Å². The molecule has 0 bridgehead atoms. The first-order valence-corrected chi connectivity index (χ1v) is 7.04. The summed E-state index contributed by atoms with van der Waals surface area (Å²) in [6, 6.07) is 8.64. The number of hydrogen-bond donors (Lipinski definition) is 2. The van der Waals surface area contributed by atoms with Crippen LogP contribution in [0, 0.1) is 17.8 Å². The molecule has 3 atom stereocenters. The Morgan fingerprint density at radius 2 is 2.17 bits per heavy atom. The van der Waals surface area contributed by atoms with Gasteiger partial charge in [0, 0.05) is 6.04 Å². The van der Waals surface area contributed by atoms with Crippen LogP contribution in [-0.4, -0.2) is 6.61 Å². The highest BCUT2D eigenvalue weighted by Gasteiger charge is 2.55. The third kappa shape index (κ3) is 2.02. The van der Waals surface area contributed by atoms with Gasteiger partial charge in [0.1, 0.15) is 5.75 Å². The van der Waals surface area contributed by atoms with Crippen molar-refractivity contribution in [2.75, 3.05) is 6.61 Å². The Balaban J connectivity index is 1.77. The highest BCUT2D eigenvalue weighted by molar-refractivity contribution is 5.32. The predicted octanol–water partition coefficient (Wildman–Crippen LogP) is 2.64. The maximum Gasteiger partial charge on any atom is 0.119 e. The van der Waals surface area contributed by atoms with Gasteiger partial charge in [-0.1, -0.05) is 18.6 Å². The van der Waals surface area contributed by atoms with Crippen molar-refractivity contribution in [3.63, 3.8) is 0 Å². The van der Waals surface area contributed by atoms with E-state index in [1.54, 1.807) is 0 Å². The zero-order valence-corrected chi connectivity index (χ0v) is 10.9. The average molecular weight is 246 g/mol. The fourth-order valence-electron chi connectivity index (χ4n) is 3.77. The number of nitrogens with two attached hydrogens (primary N) is 1. The molecule has 3 nitrogen and oxygen atoms in total. The van der Waals surface area contributed by atoms with E-state index in [1.165, 1.54) is 24.8 Å². The van der Waals surface area contributed by atoms with Gasteiger partial charge < -0.3 is 4.74 Å².